The molecule has 0 bridgehead atoms. The summed E-state index contributed by atoms with van der Waals surface area (Å²) in [5.74, 6) is -0.947. The number of hydroxylamine groups is 2. The van der Waals surface area contributed by atoms with Gasteiger partial charge in [0.05, 0.1) is 16.2 Å². The quantitative estimate of drug-likeness (QED) is 0.230. The number of halogens is 1. The Bertz CT molecular complexity index is 661. The zero-order valence-electron chi connectivity index (χ0n) is 11.0. The van der Waals surface area contributed by atoms with Crippen molar-refractivity contribution in [2.45, 2.75) is 19.4 Å². The second-order valence-electron chi connectivity index (χ2n) is 4.16. The molecule has 0 unspecified atom stereocenters. The molecule has 2 rings (SSSR count). The lowest BCUT2D eigenvalue weighted by molar-refractivity contribution is -0.386. The van der Waals surface area contributed by atoms with Crippen molar-refractivity contribution >= 4 is 44.5 Å². The van der Waals surface area contributed by atoms with Crippen LogP contribution in [-0.4, -0.2) is 21.8 Å². The van der Waals surface area contributed by atoms with Crippen molar-refractivity contribution in [3.8, 4) is 0 Å². The number of nitro benzene ring substituents is 1. The molecule has 1 aliphatic rings. The van der Waals surface area contributed by atoms with E-state index in [2.05, 4.69) is 6.47 Å². The summed E-state index contributed by atoms with van der Waals surface area (Å²) in [5, 5.41) is 11.6. The molecule has 1 saturated heterocycles. The highest BCUT2D eigenvalue weighted by molar-refractivity contribution is 14.1. The minimum Gasteiger partial charge on any atom is -0.700 e. The molecule has 1 aliphatic heterocycles. The SMILES string of the molecule is [N-]=NI=Nc1ccc([N+](=O)[O-])c(CON2C(=O)CCC2=O)c1. The zero-order chi connectivity index (χ0) is 16.1. The average Bonchev–Trinajstić information content (AvgIpc) is 2.81. The number of carbonyl (C=O) groups is 2. The fraction of sp³-hybridized carbons (Fsp3) is 0.273. The molecule has 0 aliphatic carbocycles. The van der Waals surface area contributed by atoms with Crippen LogP contribution in [0.4, 0.5) is 11.4 Å². The predicted octanol–water partition coefficient (Wildman–Crippen LogP) is 2.90. The maximum Gasteiger partial charge on any atom is 0.275 e. The Kier molecular flexibility index (Phi) is 5.32. The number of benzene rings is 1. The Labute approximate surface area is 134 Å². The topological polar surface area (TPSA) is 137 Å². The number of nitro groups is 1. The van der Waals surface area contributed by atoms with E-state index in [1.807, 2.05) is 0 Å². The third-order valence-electron chi connectivity index (χ3n) is 2.78. The molecule has 10 nitrogen and oxygen atoms in total. The molecular weight excluding hydrogens is 409 g/mol. The molecular formula is C11H9IN5O5-. The summed E-state index contributed by atoms with van der Waals surface area (Å²) < 4.78 is 6.89. The smallest absolute Gasteiger partial charge is 0.275 e. The first-order valence-corrected chi connectivity index (χ1v) is 7.91. The Morgan fingerprint density at radius 1 is 1.36 bits per heavy atom. The predicted molar refractivity (Wildman–Crippen MR) is 80.9 cm³/mol. The molecule has 0 saturated carbocycles. The van der Waals surface area contributed by atoms with Crippen LogP contribution in [-0.2, 0) is 21.0 Å². The van der Waals surface area contributed by atoms with Crippen LogP contribution in [0.5, 0.6) is 0 Å². The van der Waals surface area contributed by atoms with E-state index in [1.54, 1.807) is 0 Å². The molecule has 0 N–H and O–H groups in total. The van der Waals surface area contributed by atoms with E-state index in [0.29, 0.717) is 10.8 Å². The van der Waals surface area contributed by atoms with Gasteiger partial charge in [0, 0.05) is 18.9 Å². The van der Waals surface area contributed by atoms with Gasteiger partial charge in [-0.05, 0) is 12.1 Å². The van der Waals surface area contributed by atoms with E-state index in [9.17, 15) is 19.7 Å². The summed E-state index contributed by atoms with van der Waals surface area (Å²) in [7, 11) is 0. The first-order valence-electron chi connectivity index (χ1n) is 5.98. The van der Waals surface area contributed by atoms with Crippen molar-refractivity contribution in [1.82, 2.24) is 5.06 Å². The van der Waals surface area contributed by atoms with Crippen LogP contribution >= 0.6 is 21.3 Å². The Morgan fingerprint density at radius 3 is 2.64 bits per heavy atom. The highest BCUT2D eigenvalue weighted by Crippen LogP contribution is 2.28. The molecule has 1 fully saturated rings. The van der Waals surface area contributed by atoms with Crippen LogP contribution in [0.15, 0.2) is 24.7 Å². The van der Waals surface area contributed by atoms with Gasteiger partial charge in [0.2, 0.25) is 0 Å². The van der Waals surface area contributed by atoms with Crippen LogP contribution in [0.25, 0.3) is 5.53 Å². The fourth-order valence-electron chi connectivity index (χ4n) is 1.81. The molecule has 1 aromatic carbocycles. The lowest BCUT2D eigenvalue weighted by Gasteiger charge is -2.13. The molecule has 116 valence electrons. The van der Waals surface area contributed by atoms with Crippen LogP contribution < -0.4 is 0 Å². The summed E-state index contributed by atoms with van der Waals surface area (Å²) in [6.45, 7) is -0.314. The number of nitrogens with zero attached hydrogens (tertiary/aromatic N) is 5. The summed E-state index contributed by atoms with van der Waals surface area (Å²) in [5.41, 5.74) is 8.76. The van der Waals surface area contributed by atoms with E-state index >= 15 is 0 Å². The second kappa shape index (κ2) is 7.22. The van der Waals surface area contributed by atoms with Gasteiger partial charge >= 0.3 is 0 Å². The number of hydrogen-bond donors (Lipinski definition) is 0. The van der Waals surface area contributed by atoms with E-state index < -0.39 is 38.0 Å². The van der Waals surface area contributed by atoms with Crippen LogP contribution in [0.3, 0.4) is 0 Å². The van der Waals surface area contributed by atoms with Gasteiger partial charge in [-0.3, -0.25) is 24.5 Å². The van der Waals surface area contributed by atoms with Gasteiger partial charge in [-0.1, -0.05) is 0 Å². The van der Waals surface area contributed by atoms with E-state index in [1.165, 1.54) is 18.2 Å². The van der Waals surface area contributed by atoms with Crippen molar-refractivity contribution < 1.29 is 19.3 Å². The molecule has 0 radical (unpaired) electrons. The highest BCUT2D eigenvalue weighted by atomic mass is 127. The molecule has 2 amide bonds. The number of hydrogen-bond acceptors (Lipinski definition) is 6. The van der Waals surface area contributed by atoms with Crippen LogP contribution in [0, 0.1) is 10.1 Å². The molecule has 1 aromatic rings. The fourth-order valence-corrected chi connectivity index (χ4v) is 2.46. The third-order valence-corrected chi connectivity index (χ3v) is 3.75. The molecule has 0 spiro atoms. The van der Waals surface area contributed by atoms with Gasteiger partial charge in [0.25, 0.3) is 17.5 Å². The number of carbonyl (C=O) groups excluding carboxylic acids is 2. The third kappa shape index (κ3) is 3.73. The first kappa shape index (κ1) is 16.2. The Hall–Kier alpha value is -2.15. The first-order chi connectivity index (χ1) is 10.5. The number of amides is 2. The van der Waals surface area contributed by atoms with Gasteiger partial charge < -0.3 is 8.86 Å². The normalized spacial score (nSPS) is 15.2. The summed E-state index contributed by atoms with van der Waals surface area (Å²) in [4.78, 5) is 38.3. The van der Waals surface area contributed by atoms with E-state index in [0.717, 1.165) is 0 Å². The zero-order valence-corrected chi connectivity index (χ0v) is 13.2. The largest absolute Gasteiger partial charge is 0.700 e. The molecule has 22 heavy (non-hydrogen) atoms. The lowest BCUT2D eigenvalue weighted by atomic mass is 10.2. The molecule has 0 atom stereocenters. The maximum atomic E-state index is 11.4. The average molecular weight is 418 g/mol. The maximum absolute atomic E-state index is 11.4. The Balaban J connectivity index is 2.21. The van der Waals surface area contributed by atoms with Crippen molar-refractivity contribution in [3.63, 3.8) is 0 Å². The summed E-state index contributed by atoms with van der Waals surface area (Å²) in [6.07, 6.45) is 0.136. The molecule has 1 heterocycles. The van der Waals surface area contributed by atoms with Gasteiger partial charge in [-0.15, -0.1) is 0 Å². The van der Waals surface area contributed by atoms with Gasteiger partial charge in [0.1, 0.15) is 27.9 Å². The van der Waals surface area contributed by atoms with E-state index in [4.69, 9.17) is 10.4 Å². The van der Waals surface area contributed by atoms with Gasteiger partial charge in [0.15, 0.2) is 0 Å². The second-order valence-corrected chi connectivity index (χ2v) is 5.51. The van der Waals surface area contributed by atoms with Crippen molar-refractivity contribution in [3.05, 3.63) is 39.4 Å². The Morgan fingerprint density at radius 2 is 2.05 bits per heavy atom. The standard InChI is InChI=1S/C11H9IN5O5/c13-15-12-14-8-1-2-9(17(20)21)7(5-8)6-22-16-10(18)3-4-11(16)19/h1-2,5H,3-4,6H2/q-1. The van der Waals surface area contributed by atoms with Crippen molar-refractivity contribution in [2.75, 3.05) is 0 Å². The van der Waals surface area contributed by atoms with Crippen molar-refractivity contribution in [1.29, 1.82) is 0 Å². The van der Waals surface area contributed by atoms with Crippen LogP contribution in [0.2, 0.25) is 0 Å². The summed E-state index contributed by atoms with van der Waals surface area (Å²) in [6, 6.07) is 4.05. The summed E-state index contributed by atoms with van der Waals surface area (Å²) >= 11 is -1.15. The highest BCUT2D eigenvalue weighted by Gasteiger charge is 2.30. The number of imide groups is 1. The van der Waals surface area contributed by atoms with Crippen molar-refractivity contribution in [2.24, 2.45) is 6.47 Å². The minimum absolute atomic E-state index is 0.0682. The molecule has 11 heteroatoms. The number of rotatable bonds is 6. The lowest BCUT2D eigenvalue weighted by Crippen LogP contribution is -2.29. The van der Waals surface area contributed by atoms with Crippen LogP contribution in [0.1, 0.15) is 18.4 Å². The minimum atomic E-state index is -1.15. The van der Waals surface area contributed by atoms with E-state index in [-0.39, 0.29) is 30.7 Å². The van der Waals surface area contributed by atoms with Gasteiger partial charge in [-0.2, -0.15) is 5.06 Å². The van der Waals surface area contributed by atoms with Gasteiger partial charge in [-0.25, -0.2) is 3.15 Å². The monoisotopic (exact) mass is 418 g/mol. The molecule has 0 aromatic heterocycles.